The maximum atomic E-state index is 13.4. The van der Waals surface area contributed by atoms with E-state index in [1.165, 1.54) is 24.1 Å². The van der Waals surface area contributed by atoms with Crippen molar-refractivity contribution in [2.24, 2.45) is 0 Å². The molecule has 0 aliphatic carbocycles. The lowest BCUT2D eigenvalue weighted by Crippen LogP contribution is -2.34. The SMILES string of the molecule is COC(=O)CN(C)CC(=O)Nc1ccc(Cl)cc1F. The Morgan fingerprint density at radius 1 is 1.42 bits per heavy atom. The lowest BCUT2D eigenvalue weighted by molar-refractivity contribution is -0.141. The number of nitrogens with one attached hydrogen (secondary N) is 1. The third kappa shape index (κ3) is 5.23. The predicted molar refractivity (Wildman–Crippen MR) is 69.6 cm³/mol. The molecule has 1 rings (SSSR count). The van der Waals surface area contributed by atoms with Crippen molar-refractivity contribution >= 4 is 29.2 Å². The van der Waals surface area contributed by atoms with Gasteiger partial charge >= 0.3 is 5.97 Å². The number of rotatable bonds is 5. The van der Waals surface area contributed by atoms with Gasteiger partial charge < -0.3 is 10.1 Å². The van der Waals surface area contributed by atoms with Gasteiger partial charge in [-0.3, -0.25) is 14.5 Å². The van der Waals surface area contributed by atoms with Crippen LogP contribution < -0.4 is 5.32 Å². The van der Waals surface area contributed by atoms with E-state index in [1.807, 2.05) is 0 Å². The van der Waals surface area contributed by atoms with Crippen molar-refractivity contribution in [3.8, 4) is 0 Å². The summed E-state index contributed by atoms with van der Waals surface area (Å²) >= 11 is 5.60. The van der Waals surface area contributed by atoms with Crippen molar-refractivity contribution in [3.63, 3.8) is 0 Å². The number of carbonyl (C=O) groups excluding carboxylic acids is 2. The summed E-state index contributed by atoms with van der Waals surface area (Å²) in [6.07, 6.45) is 0. The first kappa shape index (κ1) is 15.4. The first-order valence-electron chi connectivity index (χ1n) is 5.42. The lowest BCUT2D eigenvalue weighted by atomic mass is 10.3. The number of nitrogens with zero attached hydrogens (tertiary/aromatic N) is 1. The molecule has 0 aliphatic rings. The predicted octanol–water partition coefficient (Wildman–Crippen LogP) is 1.52. The van der Waals surface area contributed by atoms with E-state index in [2.05, 4.69) is 10.1 Å². The molecule has 0 aliphatic heterocycles. The molecule has 1 N–H and O–H groups in total. The Bertz CT molecular complexity index is 482. The number of esters is 1. The van der Waals surface area contributed by atoms with Crippen LogP contribution >= 0.6 is 11.6 Å². The van der Waals surface area contributed by atoms with Crippen molar-refractivity contribution in [2.45, 2.75) is 0 Å². The zero-order valence-corrected chi connectivity index (χ0v) is 11.3. The van der Waals surface area contributed by atoms with E-state index in [1.54, 1.807) is 7.05 Å². The minimum absolute atomic E-state index is 0.0208. The molecule has 7 heteroatoms. The largest absolute Gasteiger partial charge is 0.468 e. The average Bonchev–Trinajstić information content (AvgIpc) is 2.32. The van der Waals surface area contributed by atoms with Gasteiger partial charge in [-0.05, 0) is 25.2 Å². The number of benzene rings is 1. The number of anilines is 1. The second kappa shape index (κ2) is 7.06. The molecular weight excluding hydrogens is 275 g/mol. The molecule has 0 atom stereocenters. The highest BCUT2D eigenvalue weighted by Crippen LogP contribution is 2.18. The molecule has 0 bridgehead atoms. The summed E-state index contributed by atoms with van der Waals surface area (Å²) in [5.74, 6) is -1.50. The molecule has 1 amide bonds. The zero-order chi connectivity index (χ0) is 14.4. The second-order valence-corrected chi connectivity index (χ2v) is 4.36. The first-order chi connectivity index (χ1) is 8.92. The van der Waals surface area contributed by atoms with E-state index in [0.29, 0.717) is 0 Å². The molecule has 0 saturated carbocycles. The number of halogens is 2. The highest BCUT2D eigenvalue weighted by atomic mass is 35.5. The number of ether oxygens (including phenoxy) is 1. The highest BCUT2D eigenvalue weighted by Gasteiger charge is 2.12. The molecule has 0 aromatic heterocycles. The van der Waals surface area contributed by atoms with Crippen LogP contribution in [0.2, 0.25) is 5.02 Å². The van der Waals surface area contributed by atoms with E-state index < -0.39 is 17.7 Å². The number of hydrogen-bond donors (Lipinski definition) is 1. The summed E-state index contributed by atoms with van der Waals surface area (Å²) in [4.78, 5) is 24.1. The van der Waals surface area contributed by atoms with Gasteiger partial charge in [0.15, 0.2) is 0 Å². The molecular formula is C12H14ClFN2O3. The van der Waals surface area contributed by atoms with Crippen LogP contribution in [-0.4, -0.2) is 44.0 Å². The third-order valence-corrected chi connectivity index (χ3v) is 2.48. The molecule has 0 unspecified atom stereocenters. The van der Waals surface area contributed by atoms with Gasteiger partial charge in [0.25, 0.3) is 0 Å². The molecule has 0 saturated heterocycles. The van der Waals surface area contributed by atoms with Crippen molar-refractivity contribution in [1.29, 1.82) is 0 Å². The number of likely N-dealkylation sites (N-methyl/N-ethyl adjacent to an activating group) is 1. The van der Waals surface area contributed by atoms with Crippen LogP contribution in [0.3, 0.4) is 0 Å². The van der Waals surface area contributed by atoms with Crippen molar-refractivity contribution in [1.82, 2.24) is 4.90 Å². The summed E-state index contributed by atoms with van der Waals surface area (Å²) in [6.45, 7) is -0.0792. The minimum Gasteiger partial charge on any atom is -0.468 e. The maximum absolute atomic E-state index is 13.4. The van der Waals surface area contributed by atoms with Crippen molar-refractivity contribution in [2.75, 3.05) is 32.6 Å². The van der Waals surface area contributed by atoms with E-state index in [9.17, 15) is 14.0 Å². The van der Waals surface area contributed by atoms with Crippen LogP contribution in [-0.2, 0) is 14.3 Å². The molecule has 5 nitrogen and oxygen atoms in total. The van der Waals surface area contributed by atoms with Crippen molar-refractivity contribution < 1.29 is 18.7 Å². The summed E-state index contributed by atoms with van der Waals surface area (Å²) in [5.41, 5.74) is 0.0425. The summed E-state index contributed by atoms with van der Waals surface area (Å²) in [6, 6.07) is 3.95. The summed E-state index contributed by atoms with van der Waals surface area (Å²) in [7, 11) is 2.84. The number of hydrogen-bond acceptors (Lipinski definition) is 4. The van der Waals surface area contributed by atoms with E-state index in [0.717, 1.165) is 6.07 Å². The van der Waals surface area contributed by atoms with Gasteiger partial charge in [0, 0.05) is 5.02 Å². The topological polar surface area (TPSA) is 58.6 Å². The first-order valence-corrected chi connectivity index (χ1v) is 5.80. The minimum atomic E-state index is -0.614. The molecule has 1 aromatic carbocycles. The Morgan fingerprint density at radius 2 is 2.11 bits per heavy atom. The molecule has 0 radical (unpaired) electrons. The van der Waals surface area contributed by atoms with Crippen LogP contribution in [0.15, 0.2) is 18.2 Å². The van der Waals surface area contributed by atoms with Gasteiger partial charge in [-0.1, -0.05) is 11.6 Å². The Kier molecular flexibility index (Phi) is 5.72. The van der Waals surface area contributed by atoms with Crippen molar-refractivity contribution in [3.05, 3.63) is 29.0 Å². The number of amides is 1. The van der Waals surface area contributed by atoms with Gasteiger partial charge in [-0.2, -0.15) is 0 Å². The molecule has 1 aromatic rings. The van der Waals surface area contributed by atoms with Crippen LogP contribution in [0, 0.1) is 5.82 Å². The van der Waals surface area contributed by atoms with Crippen LogP contribution in [0.1, 0.15) is 0 Å². The maximum Gasteiger partial charge on any atom is 0.319 e. The Labute approximate surface area is 115 Å². The Balaban J connectivity index is 2.53. The molecule has 0 spiro atoms. The molecule has 0 heterocycles. The fraction of sp³-hybridized carbons (Fsp3) is 0.333. The number of carbonyl (C=O) groups is 2. The monoisotopic (exact) mass is 288 g/mol. The fourth-order valence-corrected chi connectivity index (χ4v) is 1.53. The zero-order valence-electron chi connectivity index (χ0n) is 10.6. The molecule has 19 heavy (non-hydrogen) atoms. The van der Waals surface area contributed by atoms with Crippen LogP contribution in [0.5, 0.6) is 0 Å². The van der Waals surface area contributed by atoms with Gasteiger partial charge in [-0.15, -0.1) is 0 Å². The summed E-state index contributed by atoms with van der Waals surface area (Å²) < 4.78 is 17.9. The van der Waals surface area contributed by atoms with Gasteiger partial charge in [0.2, 0.25) is 5.91 Å². The van der Waals surface area contributed by atoms with E-state index in [4.69, 9.17) is 11.6 Å². The fourth-order valence-electron chi connectivity index (χ4n) is 1.37. The van der Waals surface area contributed by atoms with Gasteiger partial charge in [-0.25, -0.2) is 4.39 Å². The standard InChI is InChI=1S/C12H14ClFN2O3/c1-16(7-12(18)19-2)6-11(17)15-10-4-3-8(13)5-9(10)14/h3-5H,6-7H2,1-2H3,(H,15,17). The van der Waals surface area contributed by atoms with E-state index >= 15 is 0 Å². The number of methoxy groups -OCH3 is 1. The Morgan fingerprint density at radius 3 is 2.68 bits per heavy atom. The average molecular weight is 289 g/mol. The smallest absolute Gasteiger partial charge is 0.319 e. The highest BCUT2D eigenvalue weighted by molar-refractivity contribution is 6.30. The molecule has 104 valence electrons. The van der Waals surface area contributed by atoms with E-state index in [-0.39, 0.29) is 23.8 Å². The summed E-state index contributed by atoms with van der Waals surface area (Å²) in [5, 5.41) is 2.64. The van der Waals surface area contributed by atoms with Crippen LogP contribution in [0.25, 0.3) is 0 Å². The normalized spacial score (nSPS) is 10.4. The van der Waals surface area contributed by atoms with Gasteiger partial charge in [0.1, 0.15) is 5.82 Å². The molecule has 0 fully saturated rings. The lowest BCUT2D eigenvalue weighted by Gasteiger charge is -2.14. The Hall–Kier alpha value is -1.66. The quantitative estimate of drug-likeness (QED) is 0.835. The van der Waals surface area contributed by atoms with Gasteiger partial charge in [0.05, 0.1) is 25.9 Å². The third-order valence-electron chi connectivity index (χ3n) is 2.25. The second-order valence-electron chi connectivity index (χ2n) is 3.92. The van der Waals surface area contributed by atoms with Crippen LogP contribution in [0.4, 0.5) is 10.1 Å².